The summed E-state index contributed by atoms with van der Waals surface area (Å²) in [4.78, 5) is 33.8. The van der Waals surface area contributed by atoms with Crippen LogP contribution in [-0.4, -0.2) is 50.6 Å². The van der Waals surface area contributed by atoms with Gasteiger partial charge >= 0.3 is 0 Å². The van der Waals surface area contributed by atoms with E-state index in [1.165, 1.54) is 22.9 Å². The second-order valence-corrected chi connectivity index (χ2v) is 10.0. The van der Waals surface area contributed by atoms with Gasteiger partial charge in [0, 0.05) is 37.1 Å². The predicted molar refractivity (Wildman–Crippen MR) is 143 cm³/mol. The van der Waals surface area contributed by atoms with E-state index in [4.69, 9.17) is 0 Å². The normalized spacial score (nSPS) is 15.3. The molecule has 2 aromatic heterocycles. The van der Waals surface area contributed by atoms with Crippen LogP contribution in [0.5, 0.6) is 0 Å². The highest BCUT2D eigenvalue weighted by Gasteiger charge is 2.38. The Morgan fingerprint density at radius 2 is 1.90 bits per heavy atom. The number of hydrogen-bond donors (Lipinski definition) is 0. The second-order valence-electron chi connectivity index (χ2n) is 10.0. The summed E-state index contributed by atoms with van der Waals surface area (Å²) >= 11 is 0. The van der Waals surface area contributed by atoms with Gasteiger partial charge in [-0.15, -0.1) is 0 Å². The average molecular weight is 539 g/mol. The maximum Gasteiger partial charge on any atom is 0.274 e. The first-order chi connectivity index (χ1) is 19.4. The smallest absolute Gasteiger partial charge is 0.274 e. The molecule has 40 heavy (non-hydrogen) atoms. The standard InChI is InChI=1S/C30H24F2N6O2/c1-18-4-5-19-14-27(39)37(29(19)28(18)32)22-8-11-36(12-9-22)30(40)25-15-26(20-3-2-10-34-17-20)38(35-25)23-6-7-24(31)21(13-23)16-33/h2-7,10,13,15,17,22H,8-9,11-12,14H2,1H3. The first kappa shape index (κ1) is 25.4. The van der Waals surface area contributed by atoms with Gasteiger partial charge in [-0.2, -0.15) is 10.4 Å². The highest BCUT2D eigenvalue weighted by atomic mass is 19.1. The quantitative estimate of drug-likeness (QED) is 0.379. The van der Waals surface area contributed by atoms with Crippen molar-refractivity contribution >= 4 is 17.5 Å². The summed E-state index contributed by atoms with van der Waals surface area (Å²) in [5, 5.41) is 13.9. The lowest BCUT2D eigenvalue weighted by atomic mass is 10.0. The zero-order valence-electron chi connectivity index (χ0n) is 21.6. The number of anilines is 1. The van der Waals surface area contributed by atoms with Gasteiger partial charge in [0.2, 0.25) is 5.91 Å². The molecule has 0 unspecified atom stereocenters. The molecule has 0 spiro atoms. The van der Waals surface area contributed by atoms with E-state index in [9.17, 15) is 23.6 Å². The van der Waals surface area contributed by atoms with Crippen LogP contribution in [0, 0.1) is 29.9 Å². The zero-order valence-corrected chi connectivity index (χ0v) is 21.6. The highest BCUT2D eigenvalue weighted by molar-refractivity contribution is 6.02. The molecule has 0 saturated carbocycles. The van der Waals surface area contributed by atoms with Crippen LogP contribution in [0.25, 0.3) is 16.9 Å². The minimum atomic E-state index is -0.644. The summed E-state index contributed by atoms with van der Waals surface area (Å²) in [6.07, 6.45) is 4.45. The number of pyridine rings is 1. The van der Waals surface area contributed by atoms with Gasteiger partial charge in [0.1, 0.15) is 17.7 Å². The Morgan fingerprint density at radius 3 is 2.62 bits per heavy atom. The molecule has 0 N–H and O–H groups in total. The number of benzene rings is 2. The molecule has 0 aliphatic carbocycles. The van der Waals surface area contributed by atoms with Crippen LogP contribution in [0.4, 0.5) is 14.5 Å². The summed E-state index contributed by atoms with van der Waals surface area (Å²) in [5.74, 6) is -1.43. The van der Waals surface area contributed by atoms with Crippen molar-refractivity contribution in [3.63, 3.8) is 0 Å². The van der Waals surface area contributed by atoms with E-state index < -0.39 is 5.82 Å². The number of rotatable bonds is 4. The largest absolute Gasteiger partial charge is 0.337 e. The van der Waals surface area contributed by atoms with Gasteiger partial charge in [-0.3, -0.25) is 14.6 Å². The van der Waals surface area contributed by atoms with Crippen molar-refractivity contribution in [2.75, 3.05) is 18.0 Å². The Bertz CT molecular complexity index is 1690. The minimum absolute atomic E-state index is 0.125. The van der Waals surface area contributed by atoms with E-state index in [1.54, 1.807) is 53.4 Å². The van der Waals surface area contributed by atoms with Crippen molar-refractivity contribution in [3.8, 4) is 23.0 Å². The molecule has 2 aliphatic heterocycles. The monoisotopic (exact) mass is 538 g/mol. The number of amides is 2. The van der Waals surface area contributed by atoms with Crippen LogP contribution in [0.3, 0.4) is 0 Å². The Hall–Kier alpha value is -4.91. The Labute approximate surface area is 229 Å². The van der Waals surface area contributed by atoms with Crippen LogP contribution in [-0.2, 0) is 11.2 Å². The van der Waals surface area contributed by atoms with Crippen LogP contribution in [0.15, 0.2) is 60.9 Å². The molecule has 200 valence electrons. The molecule has 0 atom stereocenters. The number of carbonyl (C=O) groups excluding carboxylic acids is 2. The summed E-state index contributed by atoms with van der Waals surface area (Å²) in [7, 11) is 0. The third-order valence-corrected chi connectivity index (χ3v) is 7.56. The van der Waals surface area contributed by atoms with Gasteiger partial charge in [-0.05, 0) is 67.3 Å². The Balaban J connectivity index is 1.26. The molecule has 1 saturated heterocycles. The number of aromatic nitrogens is 3. The van der Waals surface area contributed by atoms with Crippen LogP contribution >= 0.6 is 0 Å². The molecule has 0 radical (unpaired) electrons. The zero-order chi connectivity index (χ0) is 28.0. The molecule has 2 aliphatic rings. The summed E-state index contributed by atoms with van der Waals surface area (Å²) < 4.78 is 30.5. The lowest BCUT2D eigenvalue weighted by Crippen LogP contribution is -2.48. The fraction of sp³-hybridized carbons (Fsp3) is 0.233. The maximum atomic E-state index is 15.0. The molecule has 0 bridgehead atoms. The number of hydrogen-bond acceptors (Lipinski definition) is 5. The van der Waals surface area contributed by atoms with E-state index in [0.29, 0.717) is 59.7 Å². The molecule has 2 aromatic carbocycles. The van der Waals surface area contributed by atoms with Crippen molar-refractivity contribution in [2.24, 2.45) is 0 Å². The number of fused-ring (bicyclic) bond motifs is 1. The predicted octanol–water partition coefficient (Wildman–Crippen LogP) is 4.59. The van der Waals surface area contributed by atoms with Crippen LogP contribution in [0.1, 0.15) is 40.0 Å². The minimum Gasteiger partial charge on any atom is -0.337 e. The molecule has 1 fully saturated rings. The van der Waals surface area contributed by atoms with E-state index >= 15 is 0 Å². The van der Waals surface area contributed by atoms with E-state index in [1.807, 2.05) is 12.1 Å². The lowest BCUT2D eigenvalue weighted by Gasteiger charge is -2.37. The third-order valence-electron chi connectivity index (χ3n) is 7.56. The fourth-order valence-corrected chi connectivity index (χ4v) is 5.49. The summed E-state index contributed by atoms with van der Waals surface area (Å²) in [5.41, 5.74) is 3.29. The first-order valence-corrected chi connectivity index (χ1v) is 13.0. The van der Waals surface area contributed by atoms with Crippen molar-refractivity contribution in [3.05, 3.63) is 94.9 Å². The molecular weight excluding hydrogens is 514 g/mol. The topological polar surface area (TPSA) is 95.1 Å². The van der Waals surface area contributed by atoms with Crippen molar-refractivity contribution < 1.29 is 18.4 Å². The Kier molecular flexibility index (Phi) is 6.34. The molecule has 6 rings (SSSR count). The van der Waals surface area contributed by atoms with Crippen molar-refractivity contribution in [1.29, 1.82) is 5.26 Å². The van der Waals surface area contributed by atoms with E-state index in [-0.39, 0.29) is 41.4 Å². The van der Waals surface area contributed by atoms with Gasteiger partial charge in [0.05, 0.1) is 29.1 Å². The van der Waals surface area contributed by atoms with E-state index in [0.717, 1.165) is 0 Å². The molecular formula is C30H24F2N6O2. The van der Waals surface area contributed by atoms with Gasteiger partial charge in [0.25, 0.3) is 5.91 Å². The number of nitrogens with zero attached hydrogens (tertiary/aromatic N) is 6. The molecule has 8 nitrogen and oxygen atoms in total. The Morgan fingerprint density at radius 1 is 1.10 bits per heavy atom. The number of likely N-dealkylation sites (tertiary alicyclic amines) is 1. The lowest BCUT2D eigenvalue weighted by molar-refractivity contribution is -0.118. The number of nitriles is 1. The van der Waals surface area contributed by atoms with Gasteiger partial charge in [-0.25, -0.2) is 13.5 Å². The van der Waals surface area contributed by atoms with E-state index in [2.05, 4.69) is 10.1 Å². The molecule has 4 aromatic rings. The number of aryl methyl sites for hydroxylation is 1. The maximum absolute atomic E-state index is 15.0. The van der Waals surface area contributed by atoms with Crippen molar-refractivity contribution in [2.45, 2.75) is 32.2 Å². The fourth-order valence-electron chi connectivity index (χ4n) is 5.49. The number of halogens is 2. The number of piperidine rings is 1. The van der Waals surface area contributed by atoms with Gasteiger partial charge in [0.15, 0.2) is 5.69 Å². The third kappa shape index (κ3) is 4.29. The SMILES string of the molecule is Cc1ccc2c(c1F)N(C1CCN(C(=O)c3cc(-c4cccnc4)n(-c4ccc(F)c(C#N)c4)n3)CC1)C(=O)C2. The first-order valence-electron chi connectivity index (χ1n) is 13.0. The highest BCUT2D eigenvalue weighted by Crippen LogP contribution is 2.37. The molecule has 4 heterocycles. The summed E-state index contributed by atoms with van der Waals surface area (Å²) in [6, 6.07) is 14.4. The average Bonchev–Trinajstić information content (AvgIpc) is 3.57. The number of carbonyl (C=O) groups is 2. The summed E-state index contributed by atoms with van der Waals surface area (Å²) in [6.45, 7) is 2.43. The molecule has 2 amide bonds. The van der Waals surface area contributed by atoms with Crippen LogP contribution in [0.2, 0.25) is 0 Å². The van der Waals surface area contributed by atoms with Crippen molar-refractivity contribution in [1.82, 2.24) is 19.7 Å². The van der Waals surface area contributed by atoms with Gasteiger partial charge < -0.3 is 9.80 Å². The second kappa shape index (κ2) is 10.0. The van der Waals surface area contributed by atoms with Gasteiger partial charge in [-0.1, -0.05) is 12.1 Å². The van der Waals surface area contributed by atoms with Crippen LogP contribution < -0.4 is 4.90 Å². The molecule has 10 heteroatoms.